The number of rotatable bonds is 1. The number of amides is 1. The van der Waals surface area contributed by atoms with E-state index >= 15 is 0 Å². The van der Waals surface area contributed by atoms with Gasteiger partial charge in [-0.1, -0.05) is 0 Å². The van der Waals surface area contributed by atoms with Crippen molar-refractivity contribution >= 4 is 5.91 Å². The number of aromatic nitrogens is 2. The van der Waals surface area contributed by atoms with Crippen molar-refractivity contribution in [1.82, 2.24) is 20.0 Å². The van der Waals surface area contributed by atoms with Crippen LogP contribution >= 0.6 is 0 Å². The highest BCUT2D eigenvalue weighted by Crippen LogP contribution is 2.26. The predicted octanol–water partition coefficient (Wildman–Crippen LogP) is 0.553. The third-order valence-electron chi connectivity index (χ3n) is 4.35. The SMILES string of the molecule is Cc1c(C(=O)N2C[C@@H]3CCCN[C@@H]3C2)cnn1C. The molecule has 0 unspecified atom stereocenters. The highest BCUT2D eigenvalue weighted by Gasteiger charge is 2.37. The van der Waals surface area contributed by atoms with Gasteiger partial charge in [0, 0.05) is 31.9 Å². The molecule has 0 aromatic carbocycles. The van der Waals surface area contributed by atoms with Gasteiger partial charge in [0.25, 0.3) is 5.91 Å². The summed E-state index contributed by atoms with van der Waals surface area (Å²) in [6, 6.07) is 0.500. The standard InChI is InChI=1S/C13H20N4O/c1-9-11(6-15-16(9)2)13(18)17-7-10-4-3-5-14-12(10)8-17/h6,10,12,14H,3-5,7-8H2,1-2H3/t10-,12+/m0/s1. The molecule has 2 aliphatic rings. The van der Waals surface area contributed by atoms with E-state index in [1.165, 1.54) is 12.8 Å². The molecule has 18 heavy (non-hydrogen) atoms. The molecule has 1 amide bonds. The third kappa shape index (κ3) is 1.82. The van der Waals surface area contributed by atoms with Crippen LogP contribution in [0, 0.1) is 12.8 Å². The van der Waals surface area contributed by atoms with Gasteiger partial charge in [-0.25, -0.2) is 0 Å². The highest BCUT2D eigenvalue weighted by molar-refractivity contribution is 5.95. The van der Waals surface area contributed by atoms with Crippen LogP contribution < -0.4 is 5.32 Å². The maximum absolute atomic E-state index is 12.5. The molecule has 1 N–H and O–H groups in total. The molecule has 0 spiro atoms. The Morgan fingerprint density at radius 2 is 2.33 bits per heavy atom. The second-order valence-electron chi connectivity index (χ2n) is 5.44. The number of fused-ring (bicyclic) bond motifs is 1. The van der Waals surface area contributed by atoms with E-state index in [1.807, 2.05) is 18.9 Å². The fourth-order valence-corrected chi connectivity index (χ4v) is 3.09. The topological polar surface area (TPSA) is 50.2 Å². The third-order valence-corrected chi connectivity index (χ3v) is 4.35. The minimum absolute atomic E-state index is 0.136. The van der Waals surface area contributed by atoms with Crippen molar-refractivity contribution in [3.05, 3.63) is 17.5 Å². The molecule has 0 saturated carbocycles. The first-order valence-corrected chi connectivity index (χ1v) is 6.68. The van der Waals surface area contributed by atoms with Crippen LogP contribution in [0.4, 0.5) is 0 Å². The van der Waals surface area contributed by atoms with Gasteiger partial charge in [-0.2, -0.15) is 5.10 Å². The first-order chi connectivity index (χ1) is 8.66. The smallest absolute Gasteiger partial charge is 0.257 e. The largest absolute Gasteiger partial charge is 0.337 e. The Balaban J connectivity index is 1.76. The number of nitrogens with zero attached hydrogens (tertiary/aromatic N) is 3. The van der Waals surface area contributed by atoms with Crippen LogP contribution in [-0.2, 0) is 7.05 Å². The van der Waals surface area contributed by atoms with Crippen LogP contribution in [-0.4, -0.2) is 46.3 Å². The quantitative estimate of drug-likeness (QED) is 0.789. The van der Waals surface area contributed by atoms with Gasteiger partial charge in [-0.15, -0.1) is 0 Å². The van der Waals surface area contributed by atoms with Crippen molar-refractivity contribution < 1.29 is 4.79 Å². The first-order valence-electron chi connectivity index (χ1n) is 6.68. The molecule has 1 aromatic heterocycles. The summed E-state index contributed by atoms with van der Waals surface area (Å²) in [5.41, 5.74) is 1.69. The van der Waals surface area contributed by atoms with Gasteiger partial charge in [-0.3, -0.25) is 9.48 Å². The van der Waals surface area contributed by atoms with Crippen LogP contribution in [0.1, 0.15) is 28.9 Å². The lowest BCUT2D eigenvalue weighted by Gasteiger charge is -2.24. The Kier molecular flexibility index (Phi) is 2.86. The number of likely N-dealkylation sites (tertiary alicyclic amines) is 1. The second kappa shape index (κ2) is 4.39. The summed E-state index contributed by atoms with van der Waals surface area (Å²) in [5, 5.41) is 7.68. The summed E-state index contributed by atoms with van der Waals surface area (Å²) in [5.74, 6) is 0.775. The lowest BCUT2D eigenvalue weighted by Crippen LogP contribution is -2.41. The van der Waals surface area contributed by atoms with E-state index in [-0.39, 0.29) is 5.91 Å². The predicted molar refractivity (Wildman–Crippen MR) is 68.4 cm³/mol. The van der Waals surface area contributed by atoms with E-state index in [0.29, 0.717) is 12.0 Å². The van der Waals surface area contributed by atoms with Gasteiger partial charge in [0.1, 0.15) is 0 Å². The Labute approximate surface area is 107 Å². The summed E-state index contributed by atoms with van der Waals surface area (Å²) in [4.78, 5) is 14.5. The molecule has 2 fully saturated rings. The van der Waals surface area contributed by atoms with Gasteiger partial charge in [0.15, 0.2) is 0 Å². The van der Waals surface area contributed by atoms with Crippen molar-refractivity contribution in [2.75, 3.05) is 19.6 Å². The summed E-state index contributed by atoms with van der Waals surface area (Å²) < 4.78 is 1.76. The van der Waals surface area contributed by atoms with Crippen molar-refractivity contribution in [1.29, 1.82) is 0 Å². The molecule has 5 nitrogen and oxygen atoms in total. The van der Waals surface area contributed by atoms with Crippen molar-refractivity contribution in [2.24, 2.45) is 13.0 Å². The molecule has 98 valence electrons. The molecule has 0 aliphatic carbocycles. The van der Waals surface area contributed by atoms with Gasteiger partial charge < -0.3 is 10.2 Å². The average molecular weight is 248 g/mol. The fraction of sp³-hybridized carbons (Fsp3) is 0.692. The van der Waals surface area contributed by atoms with Crippen LogP contribution in [0.3, 0.4) is 0 Å². The summed E-state index contributed by atoms with van der Waals surface area (Å²) in [6.45, 7) is 4.78. The molecular formula is C13H20N4O. The molecule has 2 aliphatic heterocycles. The summed E-state index contributed by atoms with van der Waals surface area (Å²) in [6.07, 6.45) is 4.16. The van der Waals surface area contributed by atoms with Gasteiger partial charge in [0.2, 0.25) is 0 Å². The Morgan fingerprint density at radius 1 is 1.50 bits per heavy atom. The maximum atomic E-state index is 12.5. The normalized spacial score (nSPS) is 27.3. The lowest BCUT2D eigenvalue weighted by atomic mass is 9.94. The monoisotopic (exact) mass is 248 g/mol. The number of piperidine rings is 1. The number of hydrogen-bond donors (Lipinski definition) is 1. The molecule has 0 radical (unpaired) electrons. The van der Waals surface area contributed by atoms with Crippen molar-refractivity contribution in [2.45, 2.75) is 25.8 Å². The molecule has 0 bridgehead atoms. The maximum Gasteiger partial charge on any atom is 0.257 e. The molecule has 2 saturated heterocycles. The number of hydrogen-bond acceptors (Lipinski definition) is 3. The van der Waals surface area contributed by atoms with Crippen LogP contribution in [0.2, 0.25) is 0 Å². The number of aryl methyl sites for hydroxylation is 1. The number of carbonyl (C=O) groups excluding carboxylic acids is 1. The zero-order chi connectivity index (χ0) is 12.7. The number of nitrogens with one attached hydrogen (secondary N) is 1. The van der Waals surface area contributed by atoms with E-state index < -0.39 is 0 Å². The van der Waals surface area contributed by atoms with Crippen LogP contribution in [0.25, 0.3) is 0 Å². The zero-order valence-corrected chi connectivity index (χ0v) is 11.0. The van der Waals surface area contributed by atoms with Gasteiger partial charge in [-0.05, 0) is 32.2 Å². The minimum Gasteiger partial charge on any atom is -0.337 e. The molecule has 3 rings (SSSR count). The van der Waals surface area contributed by atoms with E-state index in [9.17, 15) is 4.79 Å². The Bertz CT molecular complexity index is 454. The van der Waals surface area contributed by atoms with Gasteiger partial charge >= 0.3 is 0 Å². The molecule has 2 atom stereocenters. The van der Waals surface area contributed by atoms with E-state index in [4.69, 9.17) is 0 Å². The number of carbonyl (C=O) groups is 1. The van der Waals surface area contributed by atoms with Crippen molar-refractivity contribution in [3.8, 4) is 0 Å². The average Bonchev–Trinajstić information content (AvgIpc) is 2.94. The summed E-state index contributed by atoms with van der Waals surface area (Å²) in [7, 11) is 1.87. The first kappa shape index (κ1) is 11.7. The van der Waals surface area contributed by atoms with Gasteiger partial charge in [0.05, 0.1) is 11.8 Å². The minimum atomic E-state index is 0.136. The highest BCUT2D eigenvalue weighted by atomic mass is 16.2. The molecule has 1 aromatic rings. The Hall–Kier alpha value is -1.36. The van der Waals surface area contributed by atoms with E-state index in [0.717, 1.165) is 30.9 Å². The lowest BCUT2D eigenvalue weighted by molar-refractivity contribution is 0.0785. The van der Waals surface area contributed by atoms with E-state index in [1.54, 1.807) is 10.9 Å². The molecule has 3 heterocycles. The van der Waals surface area contributed by atoms with Crippen molar-refractivity contribution in [3.63, 3.8) is 0 Å². The van der Waals surface area contributed by atoms with Crippen LogP contribution in [0.15, 0.2) is 6.20 Å². The Morgan fingerprint density at radius 3 is 3.00 bits per heavy atom. The van der Waals surface area contributed by atoms with Crippen LogP contribution in [0.5, 0.6) is 0 Å². The van der Waals surface area contributed by atoms with E-state index in [2.05, 4.69) is 10.4 Å². The second-order valence-corrected chi connectivity index (χ2v) is 5.44. The summed E-state index contributed by atoms with van der Waals surface area (Å²) >= 11 is 0. The molecule has 5 heteroatoms. The molecular weight excluding hydrogens is 228 g/mol. The zero-order valence-electron chi connectivity index (χ0n) is 11.0. The fourth-order valence-electron chi connectivity index (χ4n) is 3.09.